The van der Waals surface area contributed by atoms with Gasteiger partial charge in [-0.1, -0.05) is 13.8 Å². The van der Waals surface area contributed by atoms with Crippen LogP contribution < -0.4 is 10.6 Å². The molecule has 1 saturated heterocycles. The number of fused-ring (bicyclic) bond motifs is 1. The third-order valence-electron chi connectivity index (χ3n) is 2.15. The summed E-state index contributed by atoms with van der Waals surface area (Å²) in [6.07, 6.45) is 3.56. The molecule has 0 aromatic rings. The molecule has 0 bridgehead atoms. The smallest absolute Gasteiger partial charge is 0.315 e. The summed E-state index contributed by atoms with van der Waals surface area (Å²) in [6.45, 7) is 4.00. The van der Waals surface area contributed by atoms with Crippen molar-refractivity contribution in [3.63, 3.8) is 0 Å². The van der Waals surface area contributed by atoms with Crippen LogP contribution >= 0.6 is 0 Å². The molecule has 2 N–H and O–H groups in total. The van der Waals surface area contributed by atoms with Crippen molar-refractivity contribution in [1.29, 1.82) is 0 Å². The van der Waals surface area contributed by atoms with Crippen LogP contribution in [0.3, 0.4) is 0 Å². The molecule has 1 heterocycles. The van der Waals surface area contributed by atoms with E-state index < -0.39 is 0 Å². The van der Waals surface area contributed by atoms with Gasteiger partial charge in [0.2, 0.25) is 0 Å². The fraction of sp³-hybridized carbons (Fsp3) is 0.875. The lowest BCUT2D eigenvalue weighted by Gasteiger charge is -2.03. The van der Waals surface area contributed by atoms with E-state index in [9.17, 15) is 4.79 Å². The van der Waals surface area contributed by atoms with E-state index in [1.807, 2.05) is 13.8 Å². The Labute approximate surface area is 67.5 Å². The molecule has 0 radical (unpaired) electrons. The van der Waals surface area contributed by atoms with Gasteiger partial charge >= 0.3 is 6.03 Å². The Bertz CT molecular complexity index is 133. The molecule has 64 valence electrons. The summed E-state index contributed by atoms with van der Waals surface area (Å²) >= 11 is 0. The molecule has 0 spiro atoms. The highest BCUT2D eigenvalue weighted by atomic mass is 16.2. The lowest BCUT2D eigenvalue weighted by molar-refractivity contribution is 0.246. The Morgan fingerprint density at radius 2 is 1.64 bits per heavy atom. The van der Waals surface area contributed by atoms with Crippen molar-refractivity contribution in [2.24, 2.45) is 0 Å². The van der Waals surface area contributed by atoms with Crippen molar-refractivity contribution in [2.45, 2.75) is 45.2 Å². The number of rotatable bonds is 0. The van der Waals surface area contributed by atoms with Gasteiger partial charge in [0.1, 0.15) is 0 Å². The Morgan fingerprint density at radius 1 is 1.18 bits per heavy atom. The predicted octanol–water partition coefficient (Wildman–Crippen LogP) is 1.25. The number of urea groups is 1. The van der Waals surface area contributed by atoms with Gasteiger partial charge in [0.15, 0.2) is 0 Å². The molecule has 1 aliphatic carbocycles. The molecule has 2 atom stereocenters. The van der Waals surface area contributed by atoms with Crippen molar-refractivity contribution >= 4 is 6.03 Å². The summed E-state index contributed by atoms with van der Waals surface area (Å²) in [5, 5.41) is 5.73. The Hall–Kier alpha value is -0.730. The van der Waals surface area contributed by atoms with Gasteiger partial charge in [-0.3, -0.25) is 0 Å². The molecule has 2 aliphatic rings. The molecule has 3 heteroatoms. The summed E-state index contributed by atoms with van der Waals surface area (Å²) < 4.78 is 0. The molecule has 1 aliphatic heterocycles. The van der Waals surface area contributed by atoms with Crippen molar-refractivity contribution in [3.8, 4) is 0 Å². The third kappa shape index (κ3) is 1.64. The highest BCUT2D eigenvalue weighted by molar-refractivity contribution is 5.77. The van der Waals surface area contributed by atoms with Gasteiger partial charge in [-0.05, 0) is 19.3 Å². The molecule has 3 nitrogen and oxygen atoms in total. The van der Waals surface area contributed by atoms with E-state index in [4.69, 9.17) is 0 Å². The van der Waals surface area contributed by atoms with Crippen LogP contribution in [0.1, 0.15) is 33.1 Å². The first kappa shape index (κ1) is 8.37. The first-order chi connectivity index (χ1) is 5.36. The predicted molar refractivity (Wildman–Crippen MR) is 44.4 cm³/mol. The molecule has 2 fully saturated rings. The van der Waals surface area contributed by atoms with E-state index in [0.29, 0.717) is 12.1 Å². The minimum absolute atomic E-state index is 0.0182. The van der Waals surface area contributed by atoms with E-state index in [1.54, 1.807) is 0 Å². The average Bonchev–Trinajstić information content (AvgIpc) is 2.51. The van der Waals surface area contributed by atoms with E-state index >= 15 is 0 Å². The fourth-order valence-corrected chi connectivity index (χ4v) is 1.68. The highest BCUT2D eigenvalue weighted by Gasteiger charge is 2.34. The van der Waals surface area contributed by atoms with Crippen LogP contribution in [0.4, 0.5) is 4.79 Å². The van der Waals surface area contributed by atoms with Gasteiger partial charge in [-0.15, -0.1) is 0 Å². The molecule has 2 amide bonds. The maximum Gasteiger partial charge on any atom is 0.315 e. The average molecular weight is 156 g/mol. The third-order valence-corrected chi connectivity index (χ3v) is 2.15. The van der Waals surface area contributed by atoms with Gasteiger partial charge in [0, 0.05) is 0 Å². The summed E-state index contributed by atoms with van der Waals surface area (Å²) in [7, 11) is 0. The van der Waals surface area contributed by atoms with Crippen LogP contribution in [0.2, 0.25) is 0 Å². The summed E-state index contributed by atoms with van der Waals surface area (Å²) in [5.41, 5.74) is 0. The minimum atomic E-state index is 0.0182. The second-order valence-corrected chi connectivity index (χ2v) is 2.76. The normalized spacial score (nSPS) is 33.1. The quantitative estimate of drug-likeness (QED) is 0.544. The number of carbonyl (C=O) groups is 1. The molecule has 2 unspecified atom stereocenters. The highest BCUT2D eigenvalue weighted by Crippen LogP contribution is 2.21. The second kappa shape index (κ2) is 3.60. The Morgan fingerprint density at radius 3 is 2.09 bits per heavy atom. The topological polar surface area (TPSA) is 41.1 Å². The first-order valence-corrected chi connectivity index (χ1v) is 4.43. The fourth-order valence-electron chi connectivity index (χ4n) is 1.68. The summed E-state index contributed by atoms with van der Waals surface area (Å²) in [5.74, 6) is 0. The molecular formula is C8H16N2O. The Balaban J connectivity index is 0.000000281. The number of amides is 2. The van der Waals surface area contributed by atoms with Gasteiger partial charge in [-0.25, -0.2) is 4.79 Å². The van der Waals surface area contributed by atoms with Crippen LogP contribution in [0, 0.1) is 0 Å². The molecule has 11 heavy (non-hydrogen) atoms. The molecular weight excluding hydrogens is 140 g/mol. The van der Waals surface area contributed by atoms with E-state index in [1.165, 1.54) is 6.42 Å². The minimum Gasteiger partial charge on any atom is -0.333 e. The largest absolute Gasteiger partial charge is 0.333 e. The van der Waals surface area contributed by atoms with Crippen molar-refractivity contribution in [3.05, 3.63) is 0 Å². The van der Waals surface area contributed by atoms with Gasteiger partial charge in [0.05, 0.1) is 12.1 Å². The number of nitrogens with one attached hydrogen (secondary N) is 2. The SMILES string of the molecule is CC.O=C1NC2CCCC2N1. The van der Waals surface area contributed by atoms with E-state index in [-0.39, 0.29) is 6.03 Å². The van der Waals surface area contributed by atoms with E-state index in [0.717, 1.165) is 12.8 Å². The molecule has 0 aromatic carbocycles. The Kier molecular flexibility index (Phi) is 2.74. The van der Waals surface area contributed by atoms with Crippen molar-refractivity contribution < 1.29 is 4.79 Å². The zero-order valence-electron chi connectivity index (χ0n) is 7.18. The van der Waals surface area contributed by atoms with E-state index in [2.05, 4.69) is 10.6 Å². The maximum absolute atomic E-state index is 10.6. The van der Waals surface area contributed by atoms with Crippen molar-refractivity contribution in [2.75, 3.05) is 0 Å². The molecule has 2 rings (SSSR count). The zero-order chi connectivity index (χ0) is 8.27. The van der Waals surface area contributed by atoms with Crippen molar-refractivity contribution in [1.82, 2.24) is 10.6 Å². The monoisotopic (exact) mass is 156 g/mol. The number of hydrogen-bond donors (Lipinski definition) is 2. The van der Waals surface area contributed by atoms with Gasteiger partial charge in [0.25, 0.3) is 0 Å². The van der Waals surface area contributed by atoms with Crippen LogP contribution in [0.15, 0.2) is 0 Å². The lowest BCUT2D eigenvalue weighted by Crippen LogP contribution is -2.26. The summed E-state index contributed by atoms with van der Waals surface area (Å²) in [6, 6.07) is 0.902. The van der Waals surface area contributed by atoms with Gasteiger partial charge in [-0.2, -0.15) is 0 Å². The molecule has 0 aromatic heterocycles. The molecule has 1 saturated carbocycles. The van der Waals surface area contributed by atoms with Crippen LogP contribution in [-0.2, 0) is 0 Å². The standard InChI is InChI=1S/C6H10N2O.C2H6/c9-6-7-4-2-1-3-5(4)8-6;1-2/h4-5H,1-3H2,(H2,7,8,9);1-2H3. The van der Waals surface area contributed by atoms with Gasteiger partial charge < -0.3 is 10.6 Å². The van der Waals surface area contributed by atoms with Crippen LogP contribution in [-0.4, -0.2) is 18.1 Å². The maximum atomic E-state index is 10.6. The zero-order valence-corrected chi connectivity index (χ0v) is 7.18. The summed E-state index contributed by atoms with van der Waals surface area (Å²) in [4.78, 5) is 10.6. The number of carbonyl (C=O) groups excluding carboxylic acids is 1. The number of hydrogen-bond acceptors (Lipinski definition) is 1. The van der Waals surface area contributed by atoms with Crippen LogP contribution in [0.5, 0.6) is 0 Å². The lowest BCUT2D eigenvalue weighted by atomic mass is 10.2. The second-order valence-electron chi connectivity index (χ2n) is 2.76. The van der Waals surface area contributed by atoms with Crippen LogP contribution in [0.25, 0.3) is 0 Å². The first-order valence-electron chi connectivity index (χ1n) is 4.43.